The molecule has 3 amide bonds. The van der Waals surface area contributed by atoms with Crippen LogP contribution in [0.2, 0.25) is 0 Å². The van der Waals surface area contributed by atoms with Crippen LogP contribution in [0.25, 0.3) is 5.57 Å². The standard InChI is InChI=1S/C24H24N2O3S/c1-16(27)25-18-14-12-17(13-15-18)21-22(30-20-10-6-3-7-11-20)24(29)26(23(21)28)19-8-4-2-5-9-19/h3,6-7,10-15,19H,2,4-5,8-9H2,1H3,(H,25,27). The maximum atomic E-state index is 13.4. The van der Waals surface area contributed by atoms with Gasteiger partial charge in [0.05, 0.1) is 10.5 Å². The Kier molecular flexibility index (Phi) is 6.04. The number of thioether (sulfide) groups is 1. The van der Waals surface area contributed by atoms with E-state index in [1.165, 1.54) is 23.6 Å². The van der Waals surface area contributed by atoms with Crippen molar-refractivity contribution in [3.8, 4) is 0 Å². The van der Waals surface area contributed by atoms with Gasteiger partial charge in [0.1, 0.15) is 0 Å². The Bertz CT molecular complexity index is 993. The summed E-state index contributed by atoms with van der Waals surface area (Å²) in [5.41, 5.74) is 1.80. The first-order chi connectivity index (χ1) is 14.5. The molecule has 30 heavy (non-hydrogen) atoms. The minimum atomic E-state index is -0.211. The summed E-state index contributed by atoms with van der Waals surface area (Å²) in [4.78, 5) is 41.0. The average Bonchev–Trinajstić information content (AvgIpc) is 2.99. The number of imide groups is 1. The molecule has 1 heterocycles. The second-order valence-corrected chi connectivity index (χ2v) is 8.73. The Morgan fingerprint density at radius 3 is 2.23 bits per heavy atom. The highest BCUT2D eigenvalue weighted by Crippen LogP contribution is 2.42. The molecule has 2 aromatic carbocycles. The molecule has 154 valence electrons. The number of amides is 3. The van der Waals surface area contributed by atoms with Gasteiger partial charge in [0.15, 0.2) is 0 Å². The summed E-state index contributed by atoms with van der Waals surface area (Å²) in [5, 5.41) is 2.73. The monoisotopic (exact) mass is 420 g/mol. The van der Waals surface area contributed by atoms with Crippen LogP contribution in [0, 0.1) is 0 Å². The fourth-order valence-corrected chi connectivity index (χ4v) is 5.10. The minimum absolute atomic E-state index is 0.0266. The summed E-state index contributed by atoms with van der Waals surface area (Å²) < 4.78 is 0. The Labute approximate surface area is 180 Å². The van der Waals surface area contributed by atoms with Crippen molar-refractivity contribution in [2.45, 2.75) is 50.0 Å². The number of nitrogens with one attached hydrogen (secondary N) is 1. The van der Waals surface area contributed by atoms with E-state index in [4.69, 9.17) is 0 Å². The molecule has 1 N–H and O–H groups in total. The Hall–Kier alpha value is -2.86. The van der Waals surface area contributed by atoms with Crippen LogP contribution in [0.5, 0.6) is 0 Å². The van der Waals surface area contributed by atoms with Gasteiger partial charge in [0.2, 0.25) is 5.91 Å². The van der Waals surface area contributed by atoms with Crippen LogP contribution in [-0.4, -0.2) is 28.7 Å². The average molecular weight is 421 g/mol. The summed E-state index contributed by atoms with van der Waals surface area (Å²) >= 11 is 1.35. The van der Waals surface area contributed by atoms with Crippen molar-refractivity contribution in [2.75, 3.05) is 5.32 Å². The number of benzene rings is 2. The summed E-state index contributed by atoms with van der Waals surface area (Å²) in [6.45, 7) is 1.45. The quantitative estimate of drug-likeness (QED) is 0.702. The molecule has 1 aliphatic heterocycles. The summed E-state index contributed by atoms with van der Waals surface area (Å²) in [6, 6.07) is 16.7. The molecule has 2 aliphatic rings. The maximum Gasteiger partial charge on any atom is 0.268 e. The summed E-state index contributed by atoms with van der Waals surface area (Å²) in [5.74, 6) is -0.558. The minimum Gasteiger partial charge on any atom is -0.326 e. The normalized spacial score (nSPS) is 17.6. The number of hydrogen-bond acceptors (Lipinski definition) is 4. The molecule has 2 aromatic rings. The van der Waals surface area contributed by atoms with E-state index in [0.29, 0.717) is 21.7 Å². The molecule has 0 aromatic heterocycles. The summed E-state index contributed by atoms with van der Waals surface area (Å²) in [7, 11) is 0. The molecule has 4 rings (SSSR count). The molecule has 0 atom stereocenters. The number of nitrogens with zero attached hydrogens (tertiary/aromatic N) is 1. The molecule has 1 fully saturated rings. The van der Waals surface area contributed by atoms with Crippen molar-refractivity contribution in [1.82, 2.24) is 4.90 Å². The van der Waals surface area contributed by atoms with Gasteiger partial charge >= 0.3 is 0 Å². The first kappa shape index (κ1) is 20.4. The predicted molar refractivity (Wildman–Crippen MR) is 119 cm³/mol. The van der Waals surface area contributed by atoms with Crippen molar-refractivity contribution in [2.24, 2.45) is 0 Å². The van der Waals surface area contributed by atoms with Crippen LogP contribution in [-0.2, 0) is 14.4 Å². The number of carbonyl (C=O) groups is 3. The zero-order valence-electron chi connectivity index (χ0n) is 16.9. The van der Waals surface area contributed by atoms with E-state index in [1.807, 2.05) is 30.3 Å². The van der Waals surface area contributed by atoms with Crippen LogP contribution >= 0.6 is 11.8 Å². The predicted octanol–water partition coefficient (Wildman–Crippen LogP) is 4.85. The zero-order valence-corrected chi connectivity index (χ0v) is 17.7. The molecule has 1 aliphatic carbocycles. The molecule has 5 nitrogen and oxygen atoms in total. The van der Waals surface area contributed by atoms with Gasteiger partial charge in [-0.1, -0.05) is 61.4 Å². The molecule has 0 spiro atoms. The molecule has 0 bridgehead atoms. The smallest absolute Gasteiger partial charge is 0.268 e. The Balaban J connectivity index is 1.71. The van der Waals surface area contributed by atoms with E-state index < -0.39 is 0 Å². The molecule has 0 radical (unpaired) electrons. The van der Waals surface area contributed by atoms with Gasteiger partial charge in [0.25, 0.3) is 11.8 Å². The van der Waals surface area contributed by atoms with E-state index in [1.54, 1.807) is 24.3 Å². The van der Waals surface area contributed by atoms with Crippen LogP contribution in [0.1, 0.15) is 44.6 Å². The molecular formula is C24H24N2O3S. The lowest BCUT2D eigenvalue weighted by Gasteiger charge is -2.29. The van der Waals surface area contributed by atoms with Crippen molar-refractivity contribution in [3.63, 3.8) is 0 Å². The van der Waals surface area contributed by atoms with Gasteiger partial charge in [0, 0.05) is 23.5 Å². The second-order valence-electron chi connectivity index (χ2n) is 7.65. The second kappa shape index (κ2) is 8.88. The first-order valence-electron chi connectivity index (χ1n) is 10.3. The Morgan fingerprint density at radius 2 is 1.60 bits per heavy atom. The number of hydrogen-bond donors (Lipinski definition) is 1. The molecule has 1 saturated carbocycles. The fourth-order valence-electron chi connectivity index (χ4n) is 4.08. The number of carbonyl (C=O) groups excluding carboxylic acids is 3. The first-order valence-corrected chi connectivity index (χ1v) is 11.1. The SMILES string of the molecule is CC(=O)Nc1ccc(C2=C(Sc3ccccc3)C(=O)N(C3CCCCC3)C2=O)cc1. The van der Waals surface area contributed by atoms with Crippen molar-refractivity contribution < 1.29 is 14.4 Å². The van der Waals surface area contributed by atoms with Gasteiger partial charge in [-0.15, -0.1) is 0 Å². The fraction of sp³-hybridized carbons (Fsp3) is 0.292. The third-order valence-corrected chi connectivity index (χ3v) is 6.56. The van der Waals surface area contributed by atoms with Crippen LogP contribution in [0.4, 0.5) is 5.69 Å². The lowest BCUT2D eigenvalue weighted by Crippen LogP contribution is -2.42. The van der Waals surface area contributed by atoms with Crippen molar-refractivity contribution >= 4 is 40.7 Å². The van der Waals surface area contributed by atoms with Crippen molar-refractivity contribution in [1.29, 1.82) is 0 Å². The van der Waals surface area contributed by atoms with E-state index in [-0.39, 0.29) is 23.8 Å². The van der Waals surface area contributed by atoms with Gasteiger partial charge in [-0.05, 0) is 42.7 Å². The van der Waals surface area contributed by atoms with Gasteiger partial charge in [-0.2, -0.15) is 0 Å². The highest BCUT2D eigenvalue weighted by atomic mass is 32.2. The van der Waals surface area contributed by atoms with E-state index in [0.717, 1.165) is 37.0 Å². The van der Waals surface area contributed by atoms with Crippen molar-refractivity contribution in [3.05, 3.63) is 65.1 Å². The van der Waals surface area contributed by atoms with Gasteiger partial charge < -0.3 is 5.32 Å². The van der Waals surface area contributed by atoms with Crippen LogP contribution < -0.4 is 5.32 Å². The highest BCUT2D eigenvalue weighted by molar-refractivity contribution is 8.04. The number of rotatable bonds is 5. The summed E-state index contributed by atoms with van der Waals surface area (Å²) in [6.07, 6.45) is 4.99. The van der Waals surface area contributed by atoms with E-state index in [9.17, 15) is 14.4 Å². The molecular weight excluding hydrogens is 396 g/mol. The Morgan fingerprint density at radius 1 is 0.933 bits per heavy atom. The zero-order chi connectivity index (χ0) is 21.1. The van der Waals surface area contributed by atoms with E-state index in [2.05, 4.69) is 5.32 Å². The van der Waals surface area contributed by atoms with Crippen LogP contribution in [0.15, 0.2) is 64.4 Å². The van der Waals surface area contributed by atoms with Gasteiger partial charge in [-0.3, -0.25) is 19.3 Å². The third kappa shape index (κ3) is 4.19. The topological polar surface area (TPSA) is 66.5 Å². The maximum absolute atomic E-state index is 13.4. The van der Waals surface area contributed by atoms with Gasteiger partial charge in [-0.25, -0.2) is 0 Å². The lowest BCUT2D eigenvalue weighted by atomic mass is 9.94. The molecule has 0 unspecified atom stereocenters. The van der Waals surface area contributed by atoms with E-state index >= 15 is 0 Å². The molecule has 6 heteroatoms. The third-order valence-electron chi connectivity index (χ3n) is 5.47. The highest BCUT2D eigenvalue weighted by Gasteiger charge is 2.43. The van der Waals surface area contributed by atoms with Crippen LogP contribution in [0.3, 0.4) is 0 Å². The molecule has 0 saturated heterocycles. The number of anilines is 1. The lowest BCUT2D eigenvalue weighted by molar-refractivity contribution is -0.140. The largest absolute Gasteiger partial charge is 0.326 e.